The maximum Gasteiger partial charge on any atom is 0.274 e. The number of rotatable bonds is 1. The minimum atomic E-state index is -0.226. The standard InChI is InChI=1S/C20H27N5O2/c1-19(2,3)18-22-15-13(16(26)23-18)6-8-20(15)7-5-9-25(11-20)17(27)14-10-24(4)12-21-14/h10,12H,5-9,11H2,1-4H3,(H,22,23,26). The molecule has 1 amide bonds. The highest BCUT2D eigenvalue weighted by Crippen LogP contribution is 2.43. The predicted molar refractivity (Wildman–Crippen MR) is 102 cm³/mol. The van der Waals surface area contributed by atoms with Crippen LogP contribution in [0.2, 0.25) is 0 Å². The van der Waals surface area contributed by atoms with E-state index in [1.54, 1.807) is 17.1 Å². The van der Waals surface area contributed by atoms with E-state index in [1.165, 1.54) is 0 Å². The van der Waals surface area contributed by atoms with Gasteiger partial charge in [-0.1, -0.05) is 20.8 Å². The third-order valence-electron chi connectivity index (χ3n) is 5.87. The molecular weight excluding hydrogens is 342 g/mol. The average Bonchev–Trinajstić information content (AvgIpc) is 3.19. The van der Waals surface area contributed by atoms with Crippen LogP contribution >= 0.6 is 0 Å². The highest BCUT2D eigenvalue weighted by atomic mass is 16.2. The number of amides is 1. The van der Waals surface area contributed by atoms with E-state index in [4.69, 9.17) is 4.98 Å². The molecule has 1 N–H and O–H groups in total. The van der Waals surface area contributed by atoms with Crippen molar-refractivity contribution >= 4 is 5.91 Å². The normalized spacial score (nSPS) is 22.3. The molecule has 2 aromatic heterocycles. The van der Waals surface area contributed by atoms with Crippen molar-refractivity contribution in [3.8, 4) is 0 Å². The van der Waals surface area contributed by atoms with Gasteiger partial charge in [-0.3, -0.25) is 9.59 Å². The highest BCUT2D eigenvalue weighted by Gasteiger charge is 2.46. The number of carbonyl (C=O) groups is 1. The first-order valence-corrected chi connectivity index (χ1v) is 9.61. The van der Waals surface area contributed by atoms with Gasteiger partial charge in [0.05, 0.1) is 12.0 Å². The number of imidazole rings is 1. The van der Waals surface area contributed by atoms with Crippen LogP contribution in [0.5, 0.6) is 0 Å². The van der Waals surface area contributed by atoms with Crippen molar-refractivity contribution in [2.75, 3.05) is 13.1 Å². The number of nitrogens with zero attached hydrogens (tertiary/aromatic N) is 4. The zero-order chi connectivity index (χ0) is 19.4. The predicted octanol–water partition coefficient (Wildman–Crippen LogP) is 1.92. The van der Waals surface area contributed by atoms with Crippen LogP contribution in [0.4, 0.5) is 0 Å². The van der Waals surface area contributed by atoms with Crippen molar-refractivity contribution in [2.45, 2.75) is 57.3 Å². The number of aromatic nitrogens is 4. The summed E-state index contributed by atoms with van der Waals surface area (Å²) in [6.45, 7) is 7.49. The van der Waals surface area contributed by atoms with Gasteiger partial charge in [-0.2, -0.15) is 0 Å². The number of aryl methyl sites for hydroxylation is 1. The van der Waals surface area contributed by atoms with Crippen LogP contribution in [-0.4, -0.2) is 43.4 Å². The summed E-state index contributed by atoms with van der Waals surface area (Å²) < 4.78 is 1.79. The summed E-state index contributed by atoms with van der Waals surface area (Å²) in [5.74, 6) is 0.685. The second kappa shape index (κ2) is 6.04. The van der Waals surface area contributed by atoms with E-state index in [9.17, 15) is 9.59 Å². The lowest BCUT2D eigenvalue weighted by Gasteiger charge is -2.40. The summed E-state index contributed by atoms with van der Waals surface area (Å²) in [6.07, 6.45) is 6.89. The number of carbonyl (C=O) groups excluding carboxylic acids is 1. The Morgan fingerprint density at radius 2 is 2.07 bits per heavy atom. The Kier molecular flexibility index (Phi) is 4.01. The van der Waals surface area contributed by atoms with Gasteiger partial charge in [0.15, 0.2) is 0 Å². The number of aromatic amines is 1. The number of H-pyrrole nitrogens is 1. The summed E-state index contributed by atoms with van der Waals surface area (Å²) in [6, 6.07) is 0. The molecule has 0 aromatic carbocycles. The third-order valence-corrected chi connectivity index (χ3v) is 5.87. The largest absolute Gasteiger partial charge is 0.340 e. The lowest BCUT2D eigenvalue weighted by atomic mass is 9.77. The molecule has 1 atom stereocenters. The van der Waals surface area contributed by atoms with Gasteiger partial charge in [0.1, 0.15) is 11.5 Å². The Morgan fingerprint density at radius 3 is 2.74 bits per heavy atom. The first kappa shape index (κ1) is 17.9. The smallest absolute Gasteiger partial charge is 0.274 e. The molecule has 0 bridgehead atoms. The summed E-state index contributed by atoms with van der Waals surface area (Å²) in [4.78, 5) is 39.6. The molecule has 3 heterocycles. The summed E-state index contributed by atoms with van der Waals surface area (Å²) in [5.41, 5.74) is 1.73. The average molecular weight is 369 g/mol. The van der Waals surface area contributed by atoms with Crippen LogP contribution in [0.1, 0.15) is 67.6 Å². The summed E-state index contributed by atoms with van der Waals surface area (Å²) in [5, 5.41) is 0. The van der Waals surface area contributed by atoms with Gasteiger partial charge in [0.2, 0.25) is 0 Å². The zero-order valence-electron chi connectivity index (χ0n) is 16.5. The molecule has 7 nitrogen and oxygen atoms in total. The topological polar surface area (TPSA) is 83.9 Å². The van der Waals surface area contributed by atoms with Gasteiger partial charge >= 0.3 is 0 Å². The van der Waals surface area contributed by atoms with E-state index in [0.29, 0.717) is 12.2 Å². The molecular formula is C20H27N5O2. The second-order valence-electron chi connectivity index (χ2n) is 9.03. The van der Waals surface area contributed by atoms with Crippen LogP contribution in [0.15, 0.2) is 17.3 Å². The Hall–Kier alpha value is -2.44. The maximum absolute atomic E-state index is 12.9. The molecule has 0 saturated carbocycles. The number of piperidine rings is 1. The molecule has 1 aliphatic heterocycles. The zero-order valence-corrected chi connectivity index (χ0v) is 16.5. The van der Waals surface area contributed by atoms with E-state index in [2.05, 4.69) is 30.7 Å². The molecule has 1 saturated heterocycles. The monoisotopic (exact) mass is 369 g/mol. The number of hydrogen-bond acceptors (Lipinski definition) is 4. The van der Waals surface area contributed by atoms with Crippen molar-refractivity contribution in [3.05, 3.63) is 45.7 Å². The van der Waals surface area contributed by atoms with Gasteiger partial charge in [0.25, 0.3) is 11.5 Å². The van der Waals surface area contributed by atoms with Crippen LogP contribution < -0.4 is 5.56 Å². The number of likely N-dealkylation sites (tertiary alicyclic amines) is 1. The third kappa shape index (κ3) is 2.99. The molecule has 2 aromatic rings. The van der Waals surface area contributed by atoms with E-state index < -0.39 is 0 Å². The minimum absolute atomic E-state index is 0.0185. The molecule has 4 rings (SSSR count). The van der Waals surface area contributed by atoms with E-state index >= 15 is 0 Å². The molecule has 1 aliphatic carbocycles. The quantitative estimate of drug-likeness (QED) is 0.832. The van der Waals surface area contributed by atoms with Gasteiger partial charge < -0.3 is 14.5 Å². The van der Waals surface area contributed by atoms with Crippen LogP contribution in [0.25, 0.3) is 0 Å². The molecule has 1 fully saturated rings. The lowest BCUT2D eigenvalue weighted by Crippen LogP contribution is -2.48. The molecule has 1 unspecified atom stereocenters. The molecule has 27 heavy (non-hydrogen) atoms. The fraction of sp³-hybridized carbons (Fsp3) is 0.600. The first-order chi connectivity index (χ1) is 12.7. The Morgan fingerprint density at radius 1 is 1.30 bits per heavy atom. The number of hydrogen-bond donors (Lipinski definition) is 1. The fourth-order valence-corrected chi connectivity index (χ4v) is 4.39. The van der Waals surface area contributed by atoms with Crippen LogP contribution in [0, 0.1) is 0 Å². The highest BCUT2D eigenvalue weighted by molar-refractivity contribution is 5.92. The number of nitrogens with one attached hydrogen (secondary N) is 1. The first-order valence-electron chi connectivity index (χ1n) is 9.61. The minimum Gasteiger partial charge on any atom is -0.340 e. The van der Waals surface area contributed by atoms with Gasteiger partial charge in [-0.05, 0) is 25.7 Å². The van der Waals surface area contributed by atoms with Crippen LogP contribution in [-0.2, 0) is 24.3 Å². The molecule has 0 radical (unpaired) electrons. The van der Waals surface area contributed by atoms with Crippen molar-refractivity contribution in [2.24, 2.45) is 7.05 Å². The second-order valence-corrected chi connectivity index (χ2v) is 9.03. The van der Waals surface area contributed by atoms with Crippen molar-refractivity contribution in [3.63, 3.8) is 0 Å². The molecule has 144 valence electrons. The van der Waals surface area contributed by atoms with E-state index in [0.717, 1.165) is 49.3 Å². The Bertz CT molecular complexity index is 952. The molecule has 7 heteroatoms. The van der Waals surface area contributed by atoms with E-state index in [1.807, 2.05) is 11.9 Å². The molecule has 1 spiro atoms. The lowest BCUT2D eigenvalue weighted by molar-refractivity contribution is 0.0627. The van der Waals surface area contributed by atoms with Crippen LogP contribution in [0.3, 0.4) is 0 Å². The summed E-state index contributed by atoms with van der Waals surface area (Å²) >= 11 is 0. The van der Waals surface area contributed by atoms with E-state index in [-0.39, 0.29) is 22.3 Å². The fourth-order valence-electron chi connectivity index (χ4n) is 4.39. The summed E-state index contributed by atoms with van der Waals surface area (Å²) in [7, 11) is 1.86. The van der Waals surface area contributed by atoms with Crippen molar-refractivity contribution in [1.29, 1.82) is 0 Å². The maximum atomic E-state index is 12.9. The SMILES string of the molecule is Cn1cnc(C(=O)N2CCCC3(CCc4c3nc(C(C)(C)C)[nH]c4=O)C2)c1. The Balaban J connectivity index is 1.70. The molecule has 2 aliphatic rings. The van der Waals surface area contributed by atoms with Gasteiger partial charge in [-0.15, -0.1) is 0 Å². The van der Waals surface area contributed by atoms with Gasteiger partial charge in [-0.25, -0.2) is 9.97 Å². The Labute approximate surface area is 158 Å². The number of fused-ring (bicyclic) bond motifs is 2. The van der Waals surface area contributed by atoms with Crippen molar-refractivity contribution in [1.82, 2.24) is 24.4 Å². The van der Waals surface area contributed by atoms with Gasteiger partial charge in [0, 0.05) is 42.7 Å². The van der Waals surface area contributed by atoms with Crippen molar-refractivity contribution < 1.29 is 4.79 Å².